The van der Waals surface area contributed by atoms with Gasteiger partial charge in [0.1, 0.15) is 0 Å². The monoisotopic (exact) mass is 448 g/mol. The van der Waals surface area contributed by atoms with Crippen molar-refractivity contribution in [2.45, 2.75) is 99.4 Å². The summed E-state index contributed by atoms with van der Waals surface area (Å²) in [6.07, 6.45) is 16.2. The van der Waals surface area contributed by atoms with Crippen molar-refractivity contribution in [1.29, 1.82) is 0 Å². The van der Waals surface area contributed by atoms with Crippen molar-refractivity contribution in [1.82, 2.24) is 0 Å². The topological polar surface area (TPSA) is 18.5 Å². The van der Waals surface area contributed by atoms with Crippen molar-refractivity contribution in [2.75, 3.05) is 0 Å². The molecule has 0 N–H and O–H groups in total. The standard InChI is InChI=1S/C18H31BBr2O2/c1-2-3-4-9-14-19(22-17-12-7-5-10-15(17)20)23-18-13-8-6-11-16(18)21/h9,14-18H,2-8,10-13H2,1H3/b14-9+/t15-,16+,17-,18+. The van der Waals surface area contributed by atoms with Gasteiger partial charge in [-0.15, -0.1) is 0 Å². The minimum Gasteiger partial charge on any atom is -0.404 e. The van der Waals surface area contributed by atoms with Crippen molar-refractivity contribution in [3.63, 3.8) is 0 Å². The highest BCUT2D eigenvalue weighted by Crippen LogP contribution is 2.30. The van der Waals surface area contributed by atoms with Crippen LogP contribution in [0.1, 0.15) is 77.6 Å². The molecule has 4 atom stereocenters. The second-order valence-corrected chi connectivity index (χ2v) is 9.24. The molecule has 0 aromatic rings. The maximum atomic E-state index is 6.36. The molecule has 0 saturated heterocycles. The molecule has 0 aromatic heterocycles. The van der Waals surface area contributed by atoms with E-state index < -0.39 is 0 Å². The summed E-state index contributed by atoms with van der Waals surface area (Å²) in [6.45, 7) is 2.23. The molecule has 5 heteroatoms. The van der Waals surface area contributed by atoms with E-state index in [0.717, 1.165) is 19.3 Å². The lowest BCUT2D eigenvalue weighted by Gasteiger charge is -2.33. The number of alkyl halides is 2. The first-order valence-electron chi connectivity index (χ1n) is 9.46. The molecule has 0 aliphatic heterocycles. The van der Waals surface area contributed by atoms with Crippen LogP contribution in [0.3, 0.4) is 0 Å². The van der Waals surface area contributed by atoms with E-state index in [1.807, 2.05) is 0 Å². The zero-order chi connectivity index (χ0) is 16.5. The molecule has 2 nitrogen and oxygen atoms in total. The smallest absolute Gasteiger partial charge is 0.404 e. The highest BCUT2D eigenvalue weighted by atomic mass is 79.9. The van der Waals surface area contributed by atoms with Crippen LogP contribution in [0.5, 0.6) is 0 Å². The Hall–Kier alpha value is 0.685. The third-order valence-corrected chi connectivity index (χ3v) is 6.97. The molecule has 23 heavy (non-hydrogen) atoms. The summed E-state index contributed by atoms with van der Waals surface area (Å²) in [6, 6.07) is 0. The molecule has 0 spiro atoms. The van der Waals surface area contributed by atoms with E-state index in [2.05, 4.69) is 50.8 Å². The number of unbranched alkanes of at least 4 members (excludes halogenated alkanes) is 2. The second-order valence-electron chi connectivity index (χ2n) is 6.89. The lowest BCUT2D eigenvalue weighted by molar-refractivity contribution is 0.0791. The van der Waals surface area contributed by atoms with Crippen molar-refractivity contribution in [2.24, 2.45) is 0 Å². The van der Waals surface area contributed by atoms with Gasteiger partial charge in [0.2, 0.25) is 0 Å². The molecule has 2 aliphatic rings. The molecule has 132 valence electrons. The van der Waals surface area contributed by atoms with Gasteiger partial charge in [-0.3, -0.25) is 0 Å². The molecule has 2 aliphatic carbocycles. The highest BCUT2D eigenvalue weighted by molar-refractivity contribution is 9.09. The van der Waals surface area contributed by atoms with Gasteiger partial charge in [0.15, 0.2) is 0 Å². The first kappa shape index (κ1) is 20.0. The largest absolute Gasteiger partial charge is 0.486 e. The van der Waals surface area contributed by atoms with Gasteiger partial charge >= 0.3 is 7.12 Å². The molecule has 2 rings (SSSR count). The maximum Gasteiger partial charge on any atom is 0.486 e. The number of rotatable bonds is 8. The Labute approximate surface area is 159 Å². The number of hydrogen-bond donors (Lipinski definition) is 0. The number of hydrogen-bond acceptors (Lipinski definition) is 2. The summed E-state index contributed by atoms with van der Waals surface area (Å²) in [5.41, 5.74) is 0. The first-order chi connectivity index (χ1) is 11.2. The minimum absolute atomic E-state index is 0.196. The average molecular weight is 450 g/mol. The van der Waals surface area contributed by atoms with Crippen molar-refractivity contribution in [3.05, 3.63) is 12.1 Å². The molecule has 0 unspecified atom stereocenters. The van der Waals surface area contributed by atoms with E-state index >= 15 is 0 Å². The van der Waals surface area contributed by atoms with E-state index in [4.69, 9.17) is 9.31 Å². The molecular formula is C18H31BBr2O2. The van der Waals surface area contributed by atoms with Crippen molar-refractivity contribution >= 4 is 39.0 Å². The summed E-state index contributed by atoms with van der Waals surface area (Å²) < 4.78 is 12.7. The van der Waals surface area contributed by atoms with Crippen LogP contribution in [-0.4, -0.2) is 29.0 Å². The molecule has 0 heterocycles. The fourth-order valence-electron chi connectivity index (χ4n) is 3.41. The maximum absolute atomic E-state index is 6.36. The summed E-state index contributed by atoms with van der Waals surface area (Å²) in [7, 11) is -0.196. The molecule has 0 radical (unpaired) electrons. The van der Waals surface area contributed by atoms with Crippen molar-refractivity contribution in [3.8, 4) is 0 Å². The first-order valence-corrected chi connectivity index (χ1v) is 11.3. The highest BCUT2D eigenvalue weighted by Gasteiger charge is 2.32. The van der Waals surface area contributed by atoms with Gasteiger partial charge in [0, 0.05) is 9.65 Å². The van der Waals surface area contributed by atoms with Crippen LogP contribution in [-0.2, 0) is 9.31 Å². The molecule has 0 amide bonds. The van der Waals surface area contributed by atoms with E-state index in [1.54, 1.807) is 0 Å². The average Bonchev–Trinajstić information content (AvgIpc) is 2.55. The van der Waals surface area contributed by atoms with Gasteiger partial charge in [-0.1, -0.05) is 89.4 Å². The molecular weight excluding hydrogens is 419 g/mol. The summed E-state index contributed by atoms with van der Waals surface area (Å²) >= 11 is 7.60. The Bertz CT molecular complexity index is 330. The lowest BCUT2D eigenvalue weighted by Crippen LogP contribution is -2.40. The Morgan fingerprint density at radius 3 is 1.91 bits per heavy atom. The van der Waals surface area contributed by atoms with Gasteiger partial charge in [0.05, 0.1) is 12.2 Å². The zero-order valence-corrected chi connectivity index (χ0v) is 17.6. The third kappa shape index (κ3) is 7.21. The minimum atomic E-state index is -0.196. The van der Waals surface area contributed by atoms with E-state index in [0.29, 0.717) is 9.65 Å². The predicted molar refractivity (Wildman–Crippen MR) is 107 cm³/mol. The van der Waals surface area contributed by atoms with Crippen LogP contribution in [0.25, 0.3) is 0 Å². The summed E-state index contributed by atoms with van der Waals surface area (Å²) in [4.78, 5) is 0.940. The van der Waals surface area contributed by atoms with Crippen LogP contribution in [0.15, 0.2) is 12.1 Å². The fraction of sp³-hybridized carbons (Fsp3) is 0.889. The van der Waals surface area contributed by atoms with E-state index in [-0.39, 0.29) is 19.3 Å². The Morgan fingerprint density at radius 1 is 0.913 bits per heavy atom. The van der Waals surface area contributed by atoms with Crippen LogP contribution < -0.4 is 0 Å². The predicted octanol–water partition coefficient (Wildman–Crippen LogP) is 6.21. The molecule has 0 aromatic carbocycles. The van der Waals surface area contributed by atoms with E-state index in [1.165, 1.54) is 51.4 Å². The molecule has 0 bridgehead atoms. The van der Waals surface area contributed by atoms with Crippen LogP contribution in [0.4, 0.5) is 0 Å². The quantitative estimate of drug-likeness (QED) is 0.249. The fourth-order valence-corrected chi connectivity index (χ4v) is 4.83. The normalized spacial score (nSPS) is 32.3. The molecule has 2 saturated carbocycles. The third-order valence-electron chi connectivity index (χ3n) is 4.88. The van der Waals surface area contributed by atoms with Gasteiger partial charge in [0.25, 0.3) is 0 Å². The molecule has 2 fully saturated rings. The van der Waals surface area contributed by atoms with Gasteiger partial charge < -0.3 is 9.31 Å². The Morgan fingerprint density at radius 2 is 1.43 bits per heavy atom. The zero-order valence-electron chi connectivity index (χ0n) is 14.4. The Balaban J connectivity index is 1.91. The number of allylic oxidation sites excluding steroid dienone is 1. The lowest BCUT2D eigenvalue weighted by atomic mass is 9.84. The van der Waals surface area contributed by atoms with Crippen LogP contribution in [0.2, 0.25) is 0 Å². The summed E-state index contributed by atoms with van der Waals surface area (Å²) in [5.74, 6) is 2.15. The van der Waals surface area contributed by atoms with E-state index in [9.17, 15) is 0 Å². The van der Waals surface area contributed by atoms with Crippen LogP contribution in [0, 0.1) is 0 Å². The summed E-state index contributed by atoms with van der Waals surface area (Å²) in [5, 5.41) is 0. The van der Waals surface area contributed by atoms with Gasteiger partial charge in [-0.05, 0) is 32.1 Å². The number of halogens is 2. The second kappa shape index (κ2) is 11.3. The van der Waals surface area contributed by atoms with Crippen molar-refractivity contribution < 1.29 is 9.31 Å². The SMILES string of the molecule is CCCC/C=C/B(O[C@H]1CCCC[C@@H]1Br)O[C@@H]1CCCC[C@H]1Br. The van der Waals surface area contributed by atoms with Crippen LogP contribution >= 0.6 is 31.9 Å². The van der Waals surface area contributed by atoms with Gasteiger partial charge in [-0.25, -0.2) is 0 Å². The Kier molecular flexibility index (Phi) is 9.85. The van der Waals surface area contributed by atoms with Gasteiger partial charge in [-0.2, -0.15) is 0 Å².